The number of aromatic amines is 2. The van der Waals surface area contributed by atoms with Gasteiger partial charge in [0.05, 0.1) is 24.5 Å². The Morgan fingerprint density at radius 2 is 2.00 bits per heavy atom. The number of ether oxygens (including phenoxy) is 1. The van der Waals surface area contributed by atoms with Crippen molar-refractivity contribution in [2.45, 2.75) is 12.8 Å². The molecule has 2 aromatic heterocycles. The van der Waals surface area contributed by atoms with E-state index in [2.05, 4.69) is 39.1 Å². The quantitative estimate of drug-likeness (QED) is 0.454. The molecule has 2 aliphatic heterocycles. The molecule has 4 aromatic rings. The third-order valence-corrected chi connectivity index (χ3v) is 6.30. The third kappa shape index (κ3) is 2.37. The lowest BCUT2D eigenvalue weighted by atomic mass is 9.89. The largest absolute Gasteiger partial charge is 0.507 e. The molecule has 1 fully saturated rings. The van der Waals surface area contributed by atoms with Crippen LogP contribution in [0.5, 0.6) is 5.75 Å². The van der Waals surface area contributed by atoms with Crippen molar-refractivity contribution in [3.63, 3.8) is 0 Å². The number of hydrogen-bond acceptors (Lipinski definition) is 5. The van der Waals surface area contributed by atoms with E-state index in [1.54, 1.807) is 6.07 Å². The van der Waals surface area contributed by atoms with Crippen molar-refractivity contribution < 1.29 is 9.84 Å². The molecular weight excluding hydrogens is 382 g/mol. The highest BCUT2D eigenvalue weighted by Crippen LogP contribution is 2.41. The number of aromatic nitrogens is 4. The number of hydrogen-bond donors (Lipinski definition) is 3. The van der Waals surface area contributed by atoms with Crippen LogP contribution in [-0.2, 0) is 4.74 Å². The van der Waals surface area contributed by atoms with Crippen LogP contribution in [0.3, 0.4) is 0 Å². The second-order valence-electron chi connectivity index (χ2n) is 7.91. The van der Waals surface area contributed by atoms with Crippen LogP contribution in [0.1, 0.15) is 24.0 Å². The van der Waals surface area contributed by atoms with E-state index in [4.69, 9.17) is 4.74 Å². The maximum atomic E-state index is 12.7. The van der Waals surface area contributed by atoms with Crippen molar-refractivity contribution >= 4 is 16.6 Å². The Bertz CT molecular complexity index is 1340. The number of phenolic OH excluding ortho intramolecular Hbond substituents is 1. The van der Waals surface area contributed by atoms with Crippen molar-refractivity contribution in [1.82, 2.24) is 19.7 Å². The smallest absolute Gasteiger partial charge is 0.348 e. The van der Waals surface area contributed by atoms with Crippen LogP contribution in [0.4, 0.5) is 5.69 Å². The number of aromatic hydroxyl groups is 1. The Balaban J connectivity index is 1.69. The predicted molar refractivity (Wildman–Crippen MR) is 114 cm³/mol. The van der Waals surface area contributed by atoms with E-state index in [1.807, 2.05) is 18.3 Å². The van der Waals surface area contributed by atoms with Crippen molar-refractivity contribution in [2.75, 3.05) is 31.2 Å². The van der Waals surface area contributed by atoms with Gasteiger partial charge in [0, 0.05) is 47.9 Å². The van der Waals surface area contributed by atoms with E-state index in [9.17, 15) is 9.90 Å². The molecule has 8 nitrogen and oxygen atoms in total. The third-order valence-electron chi connectivity index (χ3n) is 6.30. The zero-order valence-electron chi connectivity index (χ0n) is 16.5. The Hall–Kier alpha value is -3.52. The molecule has 2 aliphatic rings. The van der Waals surface area contributed by atoms with Gasteiger partial charge >= 0.3 is 5.69 Å². The highest BCUT2D eigenvalue weighted by Gasteiger charge is 2.26. The van der Waals surface area contributed by atoms with Gasteiger partial charge < -0.3 is 19.7 Å². The maximum Gasteiger partial charge on any atom is 0.348 e. The molecule has 4 heterocycles. The average Bonchev–Trinajstić information content (AvgIpc) is 3.35. The lowest BCUT2D eigenvalue weighted by Crippen LogP contribution is -2.37. The molecule has 3 N–H and O–H groups in total. The van der Waals surface area contributed by atoms with Crippen molar-refractivity contribution in [3.8, 4) is 22.8 Å². The predicted octanol–water partition coefficient (Wildman–Crippen LogP) is 2.72. The molecule has 8 heteroatoms. The fourth-order valence-corrected chi connectivity index (χ4v) is 4.72. The Morgan fingerprint density at radius 1 is 1.17 bits per heavy atom. The van der Waals surface area contributed by atoms with Crippen LogP contribution in [0.15, 0.2) is 41.3 Å². The van der Waals surface area contributed by atoms with E-state index in [1.165, 1.54) is 4.57 Å². The highest BCUT2D eigenvalue weighted by molar-refractivity contribution is 5.91. The fraction of sp³-hybridized carbons (Fsp3) is 0.273. The van der Waals surface area contributed by atoms with Gasteiger partial charge in [-0.2, -0.15) is 5.10 Å². The number of benzene rings is 2. The number of morpholine rings is 1. The SMILES string of the molecule is CC1c2cc(ccc2N2CCOCC2)-n2c(n[nH]c2=O)-c2cc3c1c[nH]c3cc2O. The van der Waals surface area contributed by atoms with Gasteiger partial charge in [0.15, 0.2) is 5.82 Å². The monoisotopic (exact) mass is 403 g/mol. The molecule has 0 saturated carbocycles. The molecular formula is C22H21N5O3. The summed E-state index contributed by atoms with van der Waals surface area (Å²) in [5.41, 5.74) is 5.21. The summed E-state index contributed by atoms with van der Waals surface area (Å²) in [6, 6.07) is 9.70. The number of phenols is 1. The first-order chi connectivity index (χ1) is 14.6. The van der Waals surface area contributed by atoms with Gasteiger partial charge in [0.2, 0.25) is 0 Å². The van der Waals surface area contributed by atoms with E-state index < -0.39 is 0 Å². The Morgan fingerprint density at radius 3 is 2.83 bits per heavy atom. The number of nitrogens with zero attached hydrogens (tertiary/aromatic N) is 3. The summed E-state index contributed by atoms with van der Waals surface area (Å²) in [5, 5.41) is 18.4. The number of nitrogens with one attached hydrogen (secondary N) is 2. The summed E-state index contributed by atoms with van der Waals surface area (Å²) >= 11 is 0. The second-order valence-corrected chi connectivity index (χ2v) is 7.91. The fourth-order valence-electron chi connectivity index (χ4n) is 4.72. The Labute approximate surface area is 171 Å². The number of anilines is 1. The first-order valence-corrected chi connectivity index (χ1v) is 10.1. The van der Waals surface area contributed by atoms with E-state index in [0.717, 1.165) is 46.5 Å². The lowest BCUT2D eigenvalue weighted by molar-refractivity contribution is 0.122. The molecule has 30 heavy (non-hydrogen) atoms. The molecule has 1 unspecified atom stereocenters. The van der Waals surface area contributed by atoms with E-state index in [0.29, 0.717) is 24.6 Å². The number of fused-ring (bicyclic) bond motifs is 6. The topological polar surface area (TPSA) is 99.2 Å². The van der Waals surface area contributed by atoms with Crippen LogP contribution >= 0.6 is 0 Å². The van der Waals surface area contributed by atoms with Crippen molar-refractivity contribution in [2.24, 2.45) is 0 Å². The molecule has 0 spiro atoms. The summed E-state index contributed by atoms with van der Waals surface area (Å²) in [6.07, 6.45) is 2.01. The van der Waals surface area contributed by atoms with Crippen LogP contribution in [-0.4, -0.2) is 51.2 Å². The standard InChI is InChI=1S/C22H21N5O3/c1-12-14-8-13(2-3-19(14)26-4-6-30-7-5-26)27-21(24-25-22(27)29)16-9-15-17(12)11-23-18(15)10-20(16)28/h2-3,8-12,23,28H,4-7H2,1H3,(H,25,29). The van der Waals surface area contributed by atoms with E-state index >= 15 is 0 Å². The molecule has 0 aliphatic carbocycles. The molecule has 2 aromatic carbocycles. The van der Waals surface area contributed by atoms with Crippen LogP contribution in [0, 0.1) is 0 Å². The lowest BCUT2D eigenvalue weighted by Gasteiger charge is -2.32. The minimum atomic E-state index is -0.336. The second kappa shape index (κ2) is 6.24. The molecule has 0 amide bonds. The van der Waals surface area contributed by atoms with E-state index in [-0.39, 0.29) is 17.4 Å². The molecule has 4 bridgehead atoms. The van der Waals surface area contributed by atoms with Crippen molar-refractivity contribution in [3.05, 3.63) is 58.1 Å². The van der Waals surface area contributed by atoms with Gasteiger partial charge in [-0.25, -0.2) is 14.5 Å². The normalized spacial score (nSPS) is 18.0. The summed E-state index contributed by atoms with van der Waals surface area (Å²) < 4.78 is 7.06. The zero-order valence-corrected chi connectivity index (χ0v) is 16.5. The average molecular weight is 403 g/mol. The Kier molecular flexibility index (Phi) is 3.61. The van der Waals surface area contributed by atoms with Gasteiger partial charge in [-0.3, -0.25) is 0 Å². The molecule has 152 valence electrons. The minimum Gasteiger partial charge on any atom is -0.507 e. The zero-order chi connectivity index (χ0) is 20.4. The first-order valence-electron chi connectivity index (χ1n) is 10.1. The van der Waals surface area contributed by atoms with Gasteiger partial charge in [-0.05, 0) is 35.4 Å². The van der Waals surface area contributed by atoms with Gasteiger partial charge in [0.25, 0.3) is 0 Å². The van der Waals surface area contributed by atoms with Crippen LogP contribution in [0.25, 0.3) is 28.0 Å². The molecule has 1 atom stereocenters. The first kappa shape index (κ1) is 17.3. The van der Waals surface area contributed by atoms with Crippen LogP contribution < -0.4 is 10.6 Å². The summed E-state index contributed by atoms with van der Waals surface area (Å²) in [4.78, 5) is 18.3. The highest BCUT2D eigenvalue weighted by atomic mass is 16.5. The van der Waals surface area contributed by atoms with Gasteiger partial charge in [0.1, 0.15) is 5.75 Å². The number of rotatable bonds is 1. The van der Waals surface area contributed by atoms with Gasteiger partial charge in [-0.1, -0.05) is 6.92 Å². The minimum absolute atomic E-state index is 0.0783. The molecule has 6 rings (SSSR count). The summed E-state index contributed by atoms with van der Waals surface area (Å²) in [7, 11) is 0. The maximum absolute atomic E-state index is 12.7. The molecule has 0 radical (unpaired) electrons. The number of H-pyrrole nitrogens is 2. The van der Waals surface area contributed by atoms with Crippen LogP contribution in [0.2, 0.25) is 0 Å². The van der Waals surface area contributed by atoms with Gasteiger partial charge in [-0.15, -0.1) is 0 Å². The summed E-state index contributed by atoms with van der Waals surface area (Å²) in [5.74, 6) is 0.554. The molecule has 1 saturated heterocycles. The van der Waals surface area contributed by atoms with Crippen molar-refractivity contribution in [1.29, 1.82) is 0 Å². The summed E-state index contributed by atoms with van der Waals surface area (Å²) in [6.45, 7) is 5.26.